The van der Waals surface area contributed by atoms with E-state index < -0.39 is 0 Å². The van der Waals surface area contributed by atoms with Gasteiger partial charge in [-0.2, -0.15) is 0 Å². The Kier molecular flexibility index (Phi) is 4.55. The summed E-state index contributed by atoms with van der Waals surface area (Å²) in [6.45, 7) is 5.79. The van der Waals surface area contributed by atoms with Gasteiger partial charge in [-0.15, -0.1) is 22.0 Å². The highest BCUT2D eigenvalue weighted by Gasteiger charge is 2.16. The molecular formula is C13H15N3OS2. The molecule has 1 aromatic heterocycles. The monoisotopic (exact) mass is 293 g/mol. The summed E-state index contributed by atoms with van der Waals surface area (Å²) in [7, 11) is 0. The van der Waals surface area contributed by atoms with Gasteiger partial charge in [0.25, 0.3) is 0 Å². The summed E-state index contributed by atoms with van der Waals surface area (Å²) in [6.07, 6.45) is 0. The van der Waals surface area contributed by atoms with Crippen molar-refractivity contribution < 1.29 is 4.79 Å². The topological polar surface area (TPSA) is 54.9 Å². The van der Waals surface area contributed by atoms with E-state index in [9.17, 15) is 4.79 Å². The molecule has 0 saturated carbocycles. The number of hydrogen-bond donors (Lipinski definition) is 1. The summed E-state index contributed by atoms with van der Waals surface area (Å²) in [5.74, 6) is -0.0540. The lowest BCUT2D eigenvalue weighted by atomic mass is 10.2. The zero-order valence-electron chi connectivity index (χ0n) is 11.0. The molecule has 4 nitrogen and oxygen atoms in total. The number of anilines is 1. The second-order valence-corrected chi connectivity index (χ2v) is 6.78. The van der Waals surface area contributed by atoms with Gasteiger partial charge in [0.1, 0.15) is 5.01 Å². The zero-order chi connectivity index (χ0) is 13.8. The van der Waals surface area contributed by atoms with Crippen molar-refractivity contribution in [3.8, 4) is 0 Å². The van der Waals surface area contributed by atoms with Crippen LogP contribution < -0.4 is 5.32 Å². The van der Waals surface area contributed by atoms with Gasteiger partial charge in [0.05, 0.1) is 5.25 Å². The molecule has 2 rings (SSSR count). The van der Waals surface area contributed by atoms with Crippen LogP contribution in [0, 0.1) is 13.8 Å². The summed E-state index contributed by atoms with van der Waals surface area (Å²) in [6, 6.07) is 8.14. The number of carbonyl (C=O) groups is 1. The number of aryl methyl sites for hydroxylation is 2. The number of amides is 1. The Balaban J connectivity index is 1.94. The number of hydrogen-bond acceptors (Lipinski definition) is 5. The SMILES string of the molecule is Cc1ccc(S[C@H](C)C(=O)Nc2nnc(C)s2)cc1. The van der Waals surface area contributed by atoms with E-state index in [4.69, 9.17) is 0 Å². The van der Waals surface area contributed by atoms with Gasteiger partial charge in [-0.05, 0) is 32.9 Å². The zero-order valence-corrected chi connectivity index (χ0v) is 12.6. The fraction of sp³-hybridized carbons (Fsp3) is 0.308. The molecule has 0 spiro atoms. The average molecular weight is 293 g/mol. The first-order chi connectivity index (χ1) is 9.04. The van der Waals surface area contributed by atoms with Gasteiger partial charge in [0, 0.05) is 4.90 Å². The van der Waals surface area contributed by atoms with E-state index in [1.54, 1.807) is 0 Å². The van der Waals surface area contributed by atoms with Gasteiger partial charge in [0.2, 0.25) is 11.0 Å². The summed E-state index contributed by atoms with van der Waals surface area (Å²) >= 11 is 2.91. The van der Waals surface area contributed by atoms with Gasteiger partial charge < -0.3 is 0 Å². The number of thioether (sulfide) groups is 1. The maximum atomic E-state index is 12.0. The summed E-state index contributed by atoms with van der Waals surface area (Å²) in [5.41, 5.74) is 1.21. The predicted octanol–water partition coefficient (Wildman–Crippen LogP) is 3.27. The van der Waals surface area contributed by atoms with Gasteiger partial charge in [-0.1, -0.05) is 29.0 Å². The maximum Gasteiger partial charge on any atom is 0.239 e. The van der Waals surface area contributed by atoms with Crippen molar-refractivity contribution in [2.45, 2.75) is 30.9 Å². The number of benzene rings is 1. The van der Waals surface area contributed by atoms with Gasteiger partial charge in [-0.3, -0.25) is 10.1 Å². The Bertz CT molecular complexity index is 566. The van der Waals surface area contributed by atoms with Crippen LogP contribution in [0.1, 0.15) is 17.5 Å². The maximum absolute atomic E-state index is 12.0. The number of carbonyl (C=O) groups excluding carboxylic acids is 1. The standard InChI is InChI=1S/C13H15N3OS2/c1-8-4-6-11(7-5-8)18-9(2)12(17)14-13-16-15-10(3)19-13/h4-7,9H,1-3H3,(H,14,16,17)/t9-/m1/s1. The minimum atomic E-state index is -0.174. The Morgan fingerprint density at radius 3 is 2.53 bits per heavy atom. The molecule has 100 valence electrons. The smallest absolute Gasteiger partial charge is 0.239 e. The first-order valence-corrected chi connectivity index (χ1v) is 7.58. The van der Waals surface area contributed by atoms with E-state index in [-0.39, 0.29) is 11.2 Å². The van der Waals surface area contributed by atoms with Crippen molar-refractivity contribution in [3.05, 3.63) is 34.8 Å². The van der Waals surface area contributed by atoms with Gasteiger partial charge in [0.15, 0.2) is 0 Å². The molecule has 0 aliphatic rings. The van der Waals surface area contributed by atoms with Crippen LogP contribution >= 0.6 is 23.1 Å². The fourth-order valence-electron chi connectivity index (χ4n) is 1.43. The Labute approximate surface area is 120 Å². The van der Waals surface area contributed by atoms with E-state index in [1.165, 1.54) is 28.7 Å². The van der Waals surface area contributed by atoms with Crippen LogP contribution in [0.3, 0.4) is 0 Å². The van der Waals surface area contributed by atoms with E-state index >= 15 is 0 Å². The number of rotatable bonds is 4. The van der Waals surface area contributed by atoms with Crippen LogP contribution in [0.25, 0.3) is 0 Å². The predicted molar refractivity (Wildman–Crippen MR) is 79.8 cm³/mol. The lowest BCUT2D eigenvalue weighted by Gasteiger charge is -2.10. The normalized spacial score (nSPS) is 12.2. The fourth-order valence-corrected chi connectivity index (χ4v) is 2.89. The lowest BCUT2D eigenvalue weighted by Crippen LogP contribution is -2.22. The molecule has 0 fully saturated rings. The van der Waals surface area contributed by atoms with E-state index in [1.807, 2.05) is 45.0 Å². The van der Waals surface area contributed by atoms with Crippen LogP contribution in [0.5, 0.6) is 0 Å². The third-order valence-electron chi connectivity index (χ3n) is 2.46. The third-order valence-corrected chi connectivity index (χ3v) is 4.33. The van der Waals surface area contributed by atoms with Crippen LogP contribution in [0.2, 0.25) is 0 Å². The molecule has 1 amide bonds. The summed E-state index contributed by atoms with van der Waals surface area (Å²) in [4.78, 5) is 13.1. The second-order valence-electron chi connectivity index (χ2n) is 4.19. The first-order valence-electron chi connectivity index (χ1n) is 5.89. The van der Waals surface area contributed by atoms with E-state index in [0.717, 1.165) is 9.90 Å². The van der Waals surface area contributed by atoms with Crippen molar-refractivity contribution >= 4 is 34.1 Å². The molecule has 2 aromatic rings. The summed E-state index contributed by atoms with van der Waals surface area (Å²) in [5, 5.41) is 11.8. The quantitative estimate of drug-likeness (QED) is 0.879. The molecule has 19 heavy (non-hydrogen) atoms. The minimum Gasteiger partial charge on any atom is -0.300 e. The highest BCUT2D eigenvalue weighted by Crippen LogP contribution is 2.24. The average Bonchev–Trinajstić information content (AvgIpc) is 2.77. The number of aromatic nitrogens is 2. The molecule has 0 bridgehead atoms. The van der Waals surface area contributed by atoms with Crippen molar-refractivity contribution in [1.82, 2.24) is 10.2 Å². The Morgan fingerprint density at radius 1 is 1.26 bits per heavy atom. The Morgan fingerprint density at radius 2 is 1.95 bits per heavy atom. The van der Waals surface area contributed by atoms with E-state index in [2.05, 4.69) is 15.5 Å². The van der Waals surface area contributed by atoms with Gasteiger partial charge >= 0.3 is 0 Å². The molecule has 0 unspecified atom stereocenters. The van der Waals surface area contributed by atoms with Crippen molar-refractivity contribution in [2.75, 3.05) is 5.32 Å². The van der Waals surface area contributed by atoms with Crippen molar-refractivity contribution in [2.24, 2.45) is 0 Å². The summed E-state index contributed by atoms with van der Waals surface area (Å²) < 4.78 is 0. The Hall–Kier alpha value is -1.40. The van der Waals surface area contributed by atoms with E-state index in [0.29, 0.717) is 5.13 Å². The molecule has 0 radical (unpaired) electrons. The van der Waals surface area contributed by atoms with Crippen molar-refractivity contribution in [1.29, 1.82) is 0 Å². The van der Waals surface area contributed by atoms with Crippen LogP contribution in [-0.4, -0.2) is 21.4 Å². The molecule has 6 heteroatoms. The van der Waals surface area contributed by atoms with Crippen molar-refractivity contribution in [3.63, 3.8) is 0 Å². The molecule has 0 aliphatic carbocycles. The lowest BCUT2D eigenvalue weighted by molar-refractivity contribution is -0.115. The molecule has 1 atom stereocenters. The molecule has 1 aromatic carbocycles. The highest BCUT2D eigenvalue weighted by atomic mass is 32.2. The van der Waals surface area contributed by atoms with Crippen LogP contribution in [0.15, 0.2) is 29.2 Å². The first kappa shape index (κ1) is 14.0. The minimum absolute atomic E-state index is 0.0540. The molecular weight excluding hydrogens is 278 g/mol. The molecule has 1 heterocycles. The number of nitrogens with one attached hydrogen (secondary N) is 1. The number of nitrogens with zero attached hydrogens (tertiary/aromatic N) is 2. The highest BCUT2D eigenvalue weighted by molar-refractivity contribution is 8.00. The third kappa shape index (κ3) is 4.04. The molecule has 1 N–H and O–H groups in total. The molecule has 0 saturated heterocycles. The second kappa shape index (κ2) is 6.16. The van der Waals surface area contributed by atoms with Crippen LogP contribution in [0.4, 0.5) is 5.13 Å². The largest absolute Gasteiger partial charge is 0.300 e. The van der Waals surface area contributed by atoms with Crippen LogP contribution in [-0.2, 0) is 4.79 Å². The molecule has 0 aliphatic heterocycles. The van der Waals surface area contributed by atoms with Gasteiger partial charge in [-0.25, -0.2) is 0 Å².